The number of rotatable bonds is 4. The van der Waals surface area contributed by atoms with Crippen LogP contribution in [0.2, 0.25) is 0 Å². The lowest BCUT2D eigenvalue weighted by Crippen LogP contribution is -2.54. The van der Waals surface area contributed by atoms with Gasteiger partial charge >= 0.3 is 0 Å². The van der Waals surface area contributed by atoms with E-state index in [2.05, 4.69) is 15.1 Å². The van der Waals surface area contributed by atoms with E-state index < -0.39 is 10.0 Å². The van der Waals surface area contributed by atoms with Gasteiger partial charge in [0, 0.05) is 31.1 Å². The molecule has 0 radical (unpaired) electrons. The minimum Gasteiger partial charge on any atom is -0.461 e. The number of aromatic nitrogens is 4. The molecule has 5 rings (SSSR count). The van der Waals surface area contributed by atoms with Crippen molar-refractivity contribution in [2.24, 2.45) is 0 Å². The first-order chi connectivity index (χ1) is 14.5. The normalized spacial score (nSPS) is 18.5. The van der Waals surface area contributed by atoms with E-state index in [0.29, 0.717) is 42.8 Å². The van der Waals surface area contributed by atoms with Crippen LogP contribution in [0.1, 0.15) is 13.8 Å². The molecule has 10 heteroatoms. The maximum absolute atomic E-state index is 12.4. The zero-order chi connectivity index (χ0) is 20.9. The van der Waals surface area contributed by atoms with E-state index in [1.165, 1.54) is 0 Å². The van der Waals surface area contributed by atoms with Gasteiger partial charge in [0.05, 0.1) is 17.5 Å². The molecule has 0 bridgehead atoms. The molecule has 9 nitrogen and oxygen atoms in total. The van der Waals surface area contributed by atoms with Crippen LogP contribution in [0, 0.1) is 0 Å². The van der Waals surface area contributed by atoms with E-state index in [4.69, 9.17) is 9.40 Å². The summed E-state index contributed by atoms with van der Waals surface area (Å²) in [5.74, 6) is 1.95. The standard InChI is InChI=1S/C20H22N6O3S/c1-3-30(27,28)25-11-10-24(13-14(25)2)20-21-16-8-5-4-7-15(16)18-22-23-19(26(18)20)17-9-6-12-29-17/h4-9,12,14H,3,10-11,13H2,1-2H3/t14-/m0/s1. The first-order valence-corrected chi connectivity index (χ1v) is 11.5. The monoisotopic (exact) mass is 426 g/mol. The third-order valence-corrected chi connectivity index (χ3v) is 7.53. The van der Waals surface area contributed by atoms with Gasteiger partial charge in [-0.3, -0.25) is 0 Å². The molecule has 4 heterocycles. The van der Waals surface area contributed by atoms with Crippen LogP contribution in [0.25, 0.3) is 28.1 Å². The number of furan rings is 1. The largest absolute Gasteiger partial charge is 0.461 e. The summed E-state index contributed by atoms with van der Waals surface area (Å²) >= 11 is 0. The van der Waals surface area contributed by atoms with Gasteiger partial charge < -0.3 is 9.32 Å². The molecule has 1 aromatic carbocycles. The number of sulfonamides is 1. The summed E-state index contributed by atoms with van der Waals surface area (Å²) < 4.78 is 33.9. The topological polar surface area (TPSA) is 96.8 Å². The number of nitrogens with zero attached hydrogens (tertiary/aromatic N) is 6. The fraction of sp³-hybridized carbons (Fsp3) is 0.350. The molecule has 0 amide bonds. The smallest absolute Gasteiger partial charge is 0.214 e. The molecule has 0 spiro atoms. The predicted molar refractivity (Wildman–Crippen MR) is 114 cm³/mol. The first kappa shape index (κ1) is 19.0. The minimum absolute atomic E-state index is 0.101. The Morgan fingerprint density at radius 2 is 1.97 bits per heavy atom. The molecule has 0 unspecified atom stereocenters. The van der Waals surface area contributed by atoms with E-state index in [-0.39, 0.29) is 11.8 Å². The molecule has 1 aliphatic rings. The van der Waals surface area contributed by atoms with E-state index in [1.54, 1.807) is 23.6 Å². The molecule has 3 aromatic heterocycles. The highest BCUT2D eigenvalue weighted by Crippen LogP contribution is 2.30. The van der Waals surface area contributed by atoms with Crippen molar-refractivity contribution in [3.63, 3.8) is 0 Å². The van der Waals surface area contributed by atoms with Crippen molar-refractivity contribution in [2.45, 2.75) is 19.9 Å². The first-order valence-electron chi connectivity index (χ1n) is 9.92. The van der Waals surface area contributed by atoms with Crippen LogP contribution in [-0.2, 0) is 10.0 Å². The third kappa shape index (κ3) is 2.94. The zero-order valence-electron chi connectivity index (χ0n) is 16.8. The van der Waals surface area contributed by atoms with E-state index in [1.807, 2.05) is 41.7 Å². The molecule has 0 saturated carbocycles. The zero-order valence-corrected chi connectivity index (χ0v) is 17.6. The summed E-state index contributed by atoms with van der Waals surface area (Å²) in [6, 6.07) is 11.3. The van der Waals surface area contributed by atoms with Gasteiger partial charge in [0.25, 0.3) is 0 Å². The maximum atomic E-state index is 12.4. The molecule has 1 aliphatic heterocycles. The van der Waals surface area contributed by atoms with Crippen molar-refractivity contribution >= 4 is 32.5 Å². The second-order valence-corrected chi connectivity index (χ2v) is 9.61. The van der Waals surface area contributed by atoms with E-state index >= 15 is 0 Å². The van der Waals surface area contributed by atoms with Gasteiger partial charge in [-0.25, -0.2) is 17.8 Å². The van der Waals surface area contributed by atoms with Crippen molar-refractivity contribution in [1.82, 2.24) is 23.9 Å². The van der Waals surface area contributed by atoms with Crippen molar-refractivity contribution in [3.8, 4) is 11.6 Å². The highest BCUT2D eigenvalue weighted by atomic mass is 32.2. The lowest BCUT2D eigenvalue weighted by atomic mass is 10.2. The molecule has 30 heavy (non-hydrogen) atoms. The number of hydrogen-bond acceptors (Lipinski definition) is 7. The van der Waals surface area contributed by atoms with Gasteiger partial charge in [-0.2, -0.15) is 4.31 Å². The summed E-state index contributed by atoms with van der Waals surface area (Å²) in [6.07, 6.45) is 1.60. The Hall–Kier alpha value is -2.98. The molecule has 1 fully saturated rings. The van der Waals surface area contributed by atoms with Crippen LogP contribution < -0.4 is 4.90 Å². The quantitative estimate of drug-likeness (QED) is 0.494. The van der Waals surface area contributed by atoms with Gasteiger partial charge in [0.2, 0.25) is 21.8 Å². The van der Waals surface area contributed by atoms with Crippen molar-refractivity contribution in [3.05, 3.63) is 42.7 Å². The van der Waals surface area contributed by atoms with Crippen LogP contribution in [0.3, 0.4) is 0 Å². The number of para-hydroxylation sites is 1. The molecule has 1 atom stereocenters. The number of piperazine rings is 1. The number of benzene rings is 1. The Bertz CT molecular complexity index is 1320. The van der Waals surface area contributed by atoms with Crippen molar-refractivity contribution in [1.29, 1.82) is 0 Å². The van der Waals surface area contributed by atoms with E-state index in [0.717, 1.165) is 10.9 Å². The van der Waals surface area contributed by atoms with E-state index in [9.17, 15) is 8.42 Å². The highest BCUT2D eigenvalue weighted by molar-refractivity contribution is 7.89. The maximum Gasteiger partial charge on any atom is 0.214 e. The Morgan fingerprint density at radius 3 is 2.70 bits per heavy atom. The second-order valence-electron chi connectivity index (χ2n) is 7.40. The number of hydrogen-bond donors (Lipinski definition) is 0. The minimum atomic E-state index is -3.25. The van der Waals surface area contributed by atoms with Crippen LogP contribution in [0.5, 0.6) is 0 Å². The highest BCUT2D eigenvalue weighted by Gasteiger charge is 2.33. The summed E-state index contributed by atoms with van der Waals surface area (Å²) in [6.45, 7) is 5.06. The Labute approximate surface area is 174 Å². The molecule has 1 saturated heterocycles. The van der Waals surface area contributed by atoms with Crippen molar-refractivity contribution in [2.75, 3.05) is 30.3 Å². The average Bonchev–Trinajstić information content (AvgIpc) is 3.42. The van der Waals surface area contributed by atoms with Gasteiger partial charge in [0.15, 0.2) is 11.4 Å². The number of anilines is 1. The van der Waals surface area contributed by atoms with Gasteiger partial charge in [-0.15, -0.1) is 10.2 Å². The fourth-order valence-electron chi connectivity index (χ4n) is 4.05. The molecule has 4 aromatic rings. The molecular weight excluding hydrogens is 404 g/mol. The molecular formula is C20H22N6O3S. The lowest BCUT2D eigenvalue weighted by Gasteiger charge is -2.39. The molecule has 0 aliphatic carbocycles. The number of fused-ring (bicyclic) bond motifs is 3. The van der Waals surface area contributed by atoms with Gasteiger partial charge in [0.1, 0.15) is 0 Å². The van der Waals surface area contributed by atoms with Gasteiger partial charge in [-0.1, -0.05) is 12.1 Å². The van der Waals surface area contributed by atoms with Crippen LogP contribution >= 0.6 is 0 Å². The lowest BCUT2D eigenvalue weighted by molar-refractivity contribution is 0.305. The predicted octanol–water partition coefficient (Wildman–Crippen LogP) is 2.40. The Kier molecular flexibility index (Phi) is 4.48. The summed E-state index contributed by atoms with van der Waals surface area (Å²) in [4.78, 5) is 7.01. The van der Waals surface area contributed by atoms with Crippen LogP contribution in [0.15, 0.2) is 47.1 Å². The molecule has 156 valence electrons. The summed E-state index contributed by atoms with van der Waals surface area (Å²) in [5.41, 5.74) is 1.51. The van der Waals surface area contributed by atoms with Crippen LogP contribution in [0.4, 0.5) is 5.95 Å². The SMILES string of the molecule is CCS(=O)(=O)N1CCN(c2nc3ccccc3c3nnc(-c4ccco4)n23)C[C@@H]1C. The van der Waals surface area contributed by atoms with Crippen molar-refractivity contribution < 1.29 is 12.8 Å². The van der Waals surface area contributed by atoms with Gasteiger partial charge in [-0.05, 0) is 38.1 Å². The third-order valence-electron chi connectivity index (χ3n) is 5.54. The fourth-order valence-corrected chi connectivity index (χ4v) is 5.35. The average molecular weight is 427 g/mol. The van der Waals surface area contributed by atoms with Crippen LogP contribution in [-0.4, -0.2) is 63.7 Å². The molecule has 0 N–H and O–H groups in total. The second kappa shape index (κ2) is 7.06. The summed E-state index contributed by atoms with van der Waals surface area (Å²) in [7, 11) is -3.25. The summed E-state index contributed by atoms with van der Waals surface area (Å²) in [5, 5.41) is 9.70. The Balaban J connectivity index is 1.66. The Morgan fingerprint density at radius 1 is 1.13 bits per heavy atom.